The van der Waals surface area contributed by atoms with Crippen LogP contribution < -0.4 is 5.56 Å². The molecule has 4 rings (SSSR count). The van der Waals surface area contributed by atoms with Crippen molar-refractivity contribution in [3.63, 3.8) is 0 Å². The van der Waals surface area contributed by atoms with Crippen LogP contribution in [0.4, 0.5) is 0 Å². The van der Waals surface area contributed by atoms with E-state index in [9.17, 15) is 9.59 Å². The third kappa shape index (κ3) is 3.39. The summed E-state index contributed by atoms with van der Waals surface area (Å²) in [4.78, 5) is 25.2. The molecule has 8 heteroatoms. The molecule has 1 aliphatic rings. The average molecular weight is 386 g/mol. The number of carbonyl (C=O) groups excluding carboxylic acids is 1. The van der Waals surface area contributed by atoms with Crippen molar-refractivity contribution < 1.29 is 9.53 Å². The van der Waals surface area contributed by atoms with E-state index >= 15 is 0 Å². The van der Waals surface area contributed by atoms with Crippen LogP contribution in [0.3, 0.4) is 0 Å². The maximum absolute atomic E-state index is 13.0. The number of hydrogen-bond acceptors (Lipinski definition) is 6. The monoisotopic (exact) mass is 386 g/mol. The van der Waals surface area contributed by atoms with Crippen LogP contribution in [-0.2, 0) is 16.1 Å². The molecule has 0 aliphatic heterocycles. The number of thioether (sulfide) groups is 1. The normalized spacial score (nSPS) is 17.8. The first-order valence-corrected chi connectivity index (χ1v) is 10.1. The van der Waals surface area contributed by atoms with Crippen LogP contribution in [0.15, 0.2) is 34.2 Å². The van der Waals surface area contributed by atoms with Crippen LogP contribution in [0, 0.1) is 0 Å². The van der Waals surface area contributed by atoms with E-state index < -0.39 is 0 Å². The lowest BCUT2D eigenvalue weighted by atomic mass is 9.99. The zero-order chi connectivity index (χ0) is 18.8. The summed E-state index contributed by atoms with van der Waals surface area (Å²) in [5.41, 5.74) is 0.697. The summed E-state index contributed by atoms with van der Waals surface area (Å²) in [6, 6.07) is 7.48. The van der Waals surface area contributed by atoms with Gasteiger partial charge in [0.25, 0.3) is 5.56 Å². The molecule has 0 N–H and O–H groups in total. The maximum atomic E-state index is 13.0. The molecule has 0 saturated heterocycles. The Hall–Kier alpha value is -2.19. The van der Waals surface area contributed by atoms with Crippen LogP contribution in [-0.4, -0.2) is 43.9 Å². The second kappa shape index (κ2) is 7.82. The highest BCUT2D eigenvalue weighted by molar-refractivity contribution is 8.00. The molecule has 1 atom stereocenters. The topological polar surface area (TPSA) is 78.5 Å². The molecule has 1 saturated carbocycles. The lowest BCUT2D eigenvalue weighted by molar-refractivity contribution is -0.119. The summed E-state index contributed by atoms with van der Waals surface area (Å²) in [6.45, 7) is 1.07. The summed E-state index contributed by atoms with van der Waals surface area (Å²) in [7, 11) is 1.64. The van der Waals surface area contributed by atoms with Gasteiger partial charge in [-0.3, -0.25) is 18.6 Å². The van der Waals surface area contributed by atoms with Gasteiger partial charge >= 0.3 is 0 Å². The smallest absolute Gasteiger partial charge is 0.262 e. The second-order valence-corrected chi connectivity index (χ2v) is 7.93. The fourth-order valence-corrected chi connectivity index (χ4v) is 4.74. The first-order chi connectivity index (χ1) is 13.2. The van der Waals surface area contributed by atoms with E-state index in [0.29, 0.717) is 42.3 Å². The second-order valence-electron chi connectivity index (χ2n) is 6.76. The van der Waals surface area contributed by atoms with Crippen LogP contribution in [0.25, 0.3) is 16.7 Å². The van der Waals surface area contributed by atoms with Crippen LogP contribution in [0.2, 0.25) is 0 Å². The first-order valence-electron chi connectivity index (χ1n) is 9.25. The molecule has 3 aromatic rings. The largest absolute Gasteiger partial charge is 0.385 e. The van der Waals surface area contributed by atoms with Gasteiger partial charge in [0.15, 0.2) is 5.16 Å². The van der Waals surface area contributed by atoms with E-state index in [1.54, 1.807) is 11.7 Å². The van der Waals surface area contributed by atoms with Crippen molar-refractivity contribution in [1.82, 2.24) is 19.2 Å². The highest BCUT2D eigenvalue weighted by Gasteiger charge is 2.26. The number of rotatable bonds is 6. The number of hydrogen-bond donors (Lipinski definition) is 0. The van der Waals surface area contributed by atoms with Crippen molar-refractivity contribution in [3.8, 4) is 0 Å². The Labute approximate surface area is 160 Å². The van der Waals surface area contributed by atoms with Gasteiger partial charge in [0.1, 0.15) is 5.78 Å². The Kier molecular flexibility index (Phi) is 5.27. The highest BCUT2D eigenvalue weighted by Crippen LogP contribution is 2.31. The number of fused-ring (bicyclic) bond motifs is 3. The molecule has 27 heavy (non-hydrogen) atoms. The number of methoxy groups -OCH3 is 1. The molecule has 2 aromatic heterocycles. The molecular formula is C19H22N4O3S. The van der Waals surface area contributed by atoms with E-state index in [0.717, 1.165) is 24.8 Å². The van der Waals surface area contributed by atoms with E-state index in [1.165, 1.54) is 11.8 Å². The SMILES string of the molecule is COCCCn1c(=O)c2ccccc2n2c(SC3CCCCC3=O)nnc12. The van der Waals surface area contributed by atoms with Crippen molar-refractivity contribution in [2.75, 3.05) is 13.7 Å². The summed E-state index contributed by atoms with van der Waals surface area (Å²) >= 11 is 1.47. The molecule has 1 aliphatic carbocycles. The van der Waals surface area contributed by atoms with E-state index in [2.05, 4.69) is 10.2 Å². The number of para-hydroxylation sites is 1. The molecule has 1 fully saturated rings. The predicted octanol–water partition coefficient (Wildman–Crippen LogP) is 2.68. The molecule has 7 nitrogen and oxygen atoms in total. The van der Waals surface area contributed by atoms with Gasteiger partial charge in [0.2, 0.25) is 5.78 Å². The zero-order valence-corrected chi connectivity index (χ0v) is 16.1. The van der Waals surface area contributed by atoms with Gasteiger partial charge in [-0.05, 0) is 31.4 Å². The summed E-state index contributed by atoms with van der Waals surface area (Å²) < 4.78 is 8.69. The number of ether oxygens (including phenoxy) is 1. The summed E-state index contributed by atoms with van der Waals surface area (Å²) in [5.74, 6) is 0.793. The Morgan fingerprint density at radius 3 is 2.89 bits per heavy atom. The van der Waals surface area contributed by atoms with Crippen molar-refractivity contribution in [1.29, 1.82) is 0 Å². The third-order valence-corrected chi connectivity index (χ3v) is 6.21. The van der Waals surface area contributed by atoms with E-state index in [-0.39, 0.29) is 16.6 Å². The van der Waals surface area contributed by atoms with Gasteiger partial charge in [0, 0.05) is 26.7 Å². The van der Waals surface area contributed by atoms with Gasteiger partial charge in [-0.2, -0.15) is 0 Å². The molecule has 0 radical (unpaired) electrons. The fraction of sp³-hybridized carbons (Fsp3) is 0.474. The van der Waals surface area contributed by atoms with Crippen LogP contribution >= 0.6 is 11.8 Å². The molecule has 0 spiro atoms. The van der Waals surface area contributed by atoms with Gasteiger partial charge < -0.3 is 4.74 Å². The minimum atomic E-state index is -0.0845. The van der Waals surface area contributed by atoms with Gasteiger partial charge in [-0.25, -0.2) is 0 Å². The minimum absolute atomic E-state index is 0.0769. The molecule has 2 heterocycles. The third-order valence-electron chi connectivity index (χ3n) is 4.95. The number of nitrogens with zero attached hydrogens (tertiary/aromatic N) is 4. The number of benzene rings is 1. The van der Waals surface area contributed by atoms with Crippen molar-refractivity contribution in [2.24, 2.45) is 0 Å². The maximum Gasteiger partial charge on any atom is 0.262 e. The standard InChI is InChI=1S/C19H22N4O3S/c1-26-12-6-11-22-17(25)13-7-2-3-8-14(13)23-18(22)20-21-19(23)27-16-10-5-4-9-15(16)24/h2-3,7-8,16H,4-6,9-12H2,1H3. The molecule has 1 aromatic carbocycles. The van der Waals surface area contributed by atoms with Crippen molar-refractivity contribution in [2.45, 2.75) is 49.1 Å². The zero-order valence-electron chi connectivity index (χ0n) is 15.3. The van der Waals surface area contributed by atoms with E-state index in [4.69, 9.17) is 4.74 Å². The summed E-state index contributed by atoms with van der Waals surface area (Å²) in [5, 5.41) is 9.85. The van der Waals surface area contributed by atoms with E-state index in [1.807, 2.05) is 28.7 Å². The van der Waals surface area contributed by atoms with Crippen molar-refractivity contribution in [3.05, 3.63) is 34.6 Å². The Bertz CT molecular complexity index is 1040. The fourth-order valence-electron chi connectivity index (χ4n) is 3.58. The lowest BCUT2D eigenvalue weighted by Crippen LogP contribution is -2.24. The molecular weight excluding hydrogens is 364 g/mol. The summed E-state index contributed by atoms with van der Waals surface area (Å²) in [6.07, 6.45) is 4.24. The van der Waals surface area contributed by atoms with Gasteiger partial charge in [0.05, 0.1) is 16.2 Å². The van der Waals surface area contributed by atoms with Gasteiger partial charge in [-0.1, -0.05) is 30.3 Å². The Morgan fingerprint density at radius 1 is 1.22 bits per heavy atom. The average Bonchev–Trinajstić information content (AvgIpc) is 3.10. The first kappa shape index (κ1) is 18.2. The van der Waals surface area contributed by atoms with Gasteiger partial charge in [-0.15, -0.1) is 10.2 Å². The molecule has 0 amide bonds. The number of ketones is 1. The number of Topliss-reactive ketones (excluding diaryl/α,β-unsaturated/α-hetero) is 1. The lowest BCUT2D eigenvalue weighted by Gasteiger charge is -2.19. The molecule has 0 bridgehead atoms. The number of aromatic nitrogens is 4. The molecule has 1 unspecified atom stereocenters. The Balaban J connectivity index is 1.84. The highest BCUT2D eigenvalue weighted by atomic mass is 32.2. The minimum Gasteiger partial charge on any atom is -0.385 e. The predicted molar refractivity (Wildman–Crippen MR) is 104 cm³/mol. The van der Waals surface area contributed by atoms with Crippen LogP contribution in [0.1, 0.15) is 32.1 Å². The molecule has 142 valence electrons. The Morgan fingerprint density at radius 2 is 2.07 bits per heavy atom. The van der Waals surface area contributed by atoms with Crippen LogP contribution in [0.5, 0.6) is 0 Å². The number of aryl methyl sites for hydroxylation is 1. The quantitative estimate of drug-likeness (QED) is 0.606. The number of carbonyl (C=O) groups is 1. The van der Waals surface area contributed by atoms with Crippen molar-refractivity contribution >= 4 is 34.2 Å².